The van der Waals surface area contributed by atoms with Gasteiger partial charge in [0.25, 0.3) is 5.91 Å². The number of carbonyl (C=O) groups excluding carboxylic acids is 4. The number of aliphatic hydroxyl groups is 5. The second-order valence-corrected chi connectivity index (χ2v) is 17.3. The minimum atomic E-state index is -2.00. The van der Waals surface area contributed by atoms with Crippen molar-refractivity contribution in [2.75, 3.05) is 27.3 Å². The maximum absolute atomic E-state index is 14.2. The van der Waals surface area contributed by atoms with Gasteiger partial charge < -0.3 is 84.6 Å². The largest absolute Gasteiger partial charge is 0.507 e. The molecule has 2 heterocycles. The number of ether oxygens (including phenoxy) is 6. The van der Waals surface area contributed by atoms with Crippen molar-refractivity contribution in [3.05, 3.63) is 105 Å². The van der Waals surface area contributed by atoms with E-state index in [9.17, 15) is 69.9 Å². The number of phenolic OH excluding ortho intramolecular Hbond substituents is 3. The normalized spacial score (nSPS) is 26.8. The Morgan fingerprint density at radius 3 is 2.17 bits per heavy atom. The lowest BCUT2D eigenvalue weighted by atomic mass is 9.74. The number of likely N-dealkylation sites (N-methyl/N-ethyl adjacent to an activating group) is 1. The Balaban J connectivity index is 1.21. The van der Waals surface area contributed by atoms with E-state index < -0.39 is 161 Å². The molecule has 0 radical (unpaired) electrons. The highest BCUT2D eigenvalue weighted by molar-refractivity contribution is 6.31. The number of benzene rings is 4. The predicted octanol–water partition coefficient (Wildman–Crippen LogP) is 1.44. The maximum Gasteiger partial charge on any atom is 0.410 e. The number of carboxylic acids is 1. The number of nitrogens with one attached hydrogen (secondary N) is 1. The second-order valence-electron chi connectivity index (χ2n) is 17.3. The number of hydrogen-bond donors (Lipinski definition) is 10. The quantitative estimate of drug-likeness (QED) is 0.0845. The van der Waals surface area contributed by atoms with Crippen molar-refractivity contribution in [1.82, 2.24) is 10.2 Å². The lowest BCUT2D eigenvalue weighted by Gasteiger charge is -2.49. The third-order valence-corrected chi connectivity index (χ3v) is 12.9. The summed E-state index contributed by atoms with van der Waals surface area (Å²) >= 11 is 0. The number of ketones is 2. The maximum atomic E-state index is 14.2. The Morgan fingerprint density at radius 1 is 0.814 bits per heavy atom. The number of nitrogens with zero attached hydrogens (tertiary/aromatic N) is 1. The summed E-state index contributed by atoms with van der Waals surface area (Å²) in [5, 5.41) is 103. The average molecular weight is 975 g/mol. The van der Waals surface area contributed by atoms with Gasteiger partial charge in [-0.3, -0.25) is 19.2 Å². The lowest BCUT2D eigenvalue weighted by Crippen LogP contribution is -2.66. The molecule has 10 N–H and O–H groups in total. The number of fused-ring (bicyclic) bond motifs is 5. The molecule has 22 heteroatoms. The first kappa shape index (κ1) is 49.7. The average Bonchev–Trinajstić information content (AvgIpc) is 3.32. The number of aryl methyl sites for hydroxylation is 1. The van der Waals surface area contributed by atoms with Crippen molar-refractivity contribution in [2.45, 2.75) is 94.3 Å². The molecule has 2 fully saturated rings. The number of aliphatic hydroxyl groups excluding tert-OH is 5. The van der Waals surface area contributed by atoms with Gasteiger partial charge in [0.2, 0.25) is 0 Å². The van der Waals surface area contributed by atoms with E-state index in [-0.39, 0.29) is 41.2 Å². The molecule has 11 atom stereocenters. The van der Waals surface area contributed by atoms with Gasteiger partial charge in [-0.25, -0.2) is 4.79 Å². The van der Waals surface area contributed by atoms with Gasteiger partial charge in [-0.15, -0.1) is 0 Å². The van der Waals surface area contributed by atoms with Crippen LogP contribution in [0, 0.1) is 6.92 Å². The monoisotopic (exact) mass is 974 g/mol. The van der Waals surface area contributed by atoms with E-state index >= 15 is 0 Å². The first-order valence-corrected chi connectivity index (χ1v) is 21.9. The Morgan fingerprint density at radius 2 is 1.49 bits per heavy atom. The summed E-state index contributed by atoms with van der Waals surface area (Å²) in [4.78, 5) is 68.0. The highest BCUT2D eigenvalue weighted by Crippen LogP contribution is 2.57. The number of carboxylic acid groups (broad SMARTS) is 1. The van der Waals surface area contributed by atoms with Crippen LogP contribution in [0.15, 0.2) is 54.6 Å². The number of rotatable bonds is 12. The smallest absolute Gasteiger partial charge is 0.410 e. The van der Waals surface area contributed by atoms with Crippen molar-refractivity contribution in [1.29, 1.82) is 0 Å². The summed E-state index contributed by atoms with van der Waals surface area (Å²) in [6.45, 7) is 1.85. The fourth-order valence-corrected chi connectivity index (χ4v) is 9.40. The van der Waals surface area contributed by atoms with Crippen molar-refractivity contribution in [3.8, 4) is 34.1 Å². The van der Waals surface area contributed by atoms with Gasteiger partial charge in [-0.2, -0.15) is 0 Å². The molecule has 2 aliphatic carbocycles. The molecule has 8 rings (SSSR count). The Hall–Kier alpha value is -6.73. The van der Waals surface area contributed by atoms with Crippen LogP contribution < -0.4 is 10.1 Å². The first-order valence-electron chi connectivity index (χ1n) is 21.9. The summed E-state index contributed by atoms with van der Waals surface area (Å²) in [6, 6.07) is 12.1. The molecule has 2 aliphatic heterocycles. The number of aliphatic carboxylic acids is 1. The van der Waals surface area contributed by atoms with Gasteiger partial charge in [0.1, 0.15) is 72.3 Å². The number of aromatic hydroxyl groups is 3. The zero-order valence-electron chi connectivity index (χ0n) is 37.8. The van der Waals surface area contributed by atoms with Crippen molar-refractivity contribution < 1.29 is 98.4 Å². The molecular weight excluding hydrogens is 925 g/mol. The molecule has 4 aromatic rings. The van der Waals surface area contributed by atoms with Gasteiger partial charge in [0, 0.05) is 41.9 Å². The zero-order valence-corrected chi connectivity index (χ0v) is 37.8. The molecule has 2 saturated heterocycles. The topological polar surface area (TPSA) is 338 Å². The van der Waals surface area contributed by atoms with Crippen LogP contribution in [0.25, 0.3) is 11.1 Å². The Bertz CT molecular complexity index is 2750. The third kappa shape index (κ3) is 8.77. The summed E-state index contributed by atoms with van der Waals surface area (Å²) in [7, 11) is 2.58. The summed E-state index contributed by atoms with van der Waals surface area (Å²) in [6.07, 6.45) is -18.7. The van der Waals surface area contributed by atoms with E-state index in [0.717, 1.165) is 17.0 Å². The standard InChI is InChI=1S/C48H50N2O20/c1-18-12-25-32(39(59)29(18)45(63)49-11-10-28(53)54)31-23(15-24-33(40(31)60)36(56)22-13-21(65-4)14-26(51)30(22)35(24)55)37(57)43(25)69-47-42(62)44(70-46-41(61)38(58)27(52)17-66-46)34(19(2)68-47)50(3)48(64)67-16-20-8-6-5-7-9-20/h5-9,12-15,19,27,34,37-38,41-44,46-47,51-52,57-62H,10-11,16-17H2,1-4H3,(H,49,63)(H,53,54)/t19-,27-,34+,37+,38+,41-,42-,43+,44+,46+,47+/m1/s1. The molecule has 0 unspecified atom stereocenters. The summed E-state index contributed by atoms with van der Waals surface area (Å²) in [5.74, 6) is -6.48. The van der Waals surface area contributed by atoms with Crippen LogP contribution in [0.2, 0.25) is 0 Å². The minimum Gasteiger partial charge on any atom is -0.507 e. The third-order valence-electron chi connectivity index (χ3n) is 12.9. The lowest BCUT2D eigenvalue weighted by molar-refractivity contribution is -0.344. The second kappa shape index (κ2) is 19.6. The molecule has 0 spiro atoms. The molecule has 2 amide bonds. The highest BCUT2D eigenvalue weighted by Gasteiger charge is 2.53. The van der Waals surface area contributed by atoms with E-state index in [1.807, 2.05) is 0 Å². The SMILES string of the molecule is COc1cc(O)c2c(c1)C(=O)c1c(cc3c(c1O)-c1c(cc(C)c(C(=O)NCCC(=O)O)c1O)[C@H](O[C@@H]1O[C@H](C)[C@H](N(C)C(=O)OCc4ccccc4)[C@H](O[C@@H]4OC[C@@H](O)[C@H](O)[C@H]4O)[C@H]1O)[C@H]3O)C2=O. The van der Waals surface area contributed by atoms with Crippen molar-refractivity contribution >= 4 is 29.5 Å². The zero-order chi connectivity index (χ0) is 50.6. The number of phenols is 3. The van der Waals surface area contributed by atoms with Crippen LogP contribution in [0.1, 0.15) is 90.0 Å². The molecule has 70 heavy (non-hydrogen) atoms. The molecule has 4 aromatic carbocycles. The van der Waals surface area contributed by atoms with Crippen LogP contribution >= 0.6 is 0 Å². The Kier molecular flexibility index (Phi) is 13.9. The van der Waals surface area contributed by atoms with E-state index in [4.69, 9.17) is 28.4 Å². The van der Waals surface area contributed by atoms with E-state index in [2.05, 4.69) is 5.32 Å². The number of hydrogen-bond acceptors (Lipinski definition) is 19. The van der Waals surface area contributed by atoms with Crippen LogP contribution in [-0.2, 0) is 35.1 Å². The highest BCUT2D eigenvalue weighted by atomic mass is 16.7. The van der Waals surface area contributed by atoms with Crippen LogP contribution in [0.4, 0.5) is 4.79 Å². The van der Waals surface area contributed by atoms with Crippen LogP contribution in [0.3, 0.4) is 0 Å². The van der Waals surface area contributed by atoms with E-state index in [0.29, 0.717) is 5.56 Å². The van der Waals surface area contributed by atoms with Crippen LogP contribution in [0.5, 0.6) is 23.0 Å². The molecular formula is C48H50N2O20. The first-order chi connectivity index (χ1) is 33.2. The molecule has 0 aromatic heterocycles. The minimum absolute atomic E-state index is 0.000371. The molecule has 22 nitrogen and oxygen atoms in total. The van der Waals surface area contributed by atoms with Crippen molar-refractivity contribution in [2.24, 2.45) is 0 Å². The summed E-state index contributed by atoms with van der Waals surface area (Å²) < 4.78 is 35.0. The fraction of sp³-hybridized carbons (Fsp3) is 0.396. The molecule has 372 valence electrons. The van der Waals surface area contributed by atoms with Gasteiger partial charge in [-0.1, -0.05) is 36.4 Å². The molecule has 0 saturated carbocycles. The van der Waals surface area contributed by atoms with Gasteiger partial charge in [0.05, 0.1) is 49.0 Å². The van der Waals surface area contributed by atoms with Gasteiger partial charge in [0.15, 0.2) is 24.1 Å². The van der Waals surface area contributed by atoms with Crippen molar-refractivity contribution in [3.63, 3.8) is 0 Å². The van der Waals surface area contributed by atoms with Gasteiger partial charge >= 0.3 is 12.1 Å². The van der Waals surface area contributed by atoms with Crippen LogP contribution in [-0.4, -0.2) is 163 Å². The fourth-order valence-electron chi connectivity index (χ4n) is 9.40. The number of amides is 2. The summed E-state index contributed by atoms with van der Waals surface area (Å²) in [5.41, 5.74) is -2.89. The number of carbonyl (C=O) groups is 5. The van der Waals surface area contributed by atoms with Gasteiger partial charge in [-0.05, 0) is 48.2 Å². The van der Waals surface area contributed by atoms with E-state index in [1.54, 1.807) is 30.3 Å². The van der Waals surface area contributed by atoms with E-state index in [1.165, 1.54) is 40.1 Å². The number of methoxy groups -OCH3 is 1. The Labute approximate surface area is 397 Å². The molecule has 4 aliphatic rings. The molecule has 0 bridgehead atoms. The predicted molar refractivity (Wildman–Crippen MR) is 236 cm³/mol.